The zero-order valence-electron chi connectivity index (χ0n) is 10.3. The SMILES string of the molecule is CC(CC#N)NC(=O)[C@H](N)Cc1ccc(O)cc1. The zero-order chi connectivity index (χ0) is 13.5. The lowest BCUT2D eigenvalue weighted by molar-refractivity contribution is -0.122. The number of phenols is 1. The Kier molecular flexibility index (Phi) is 5.15. The van der Waals surface area contributed by atoms with Crippen LogP contribution in [0.1, 0.15) is 18.9 Å². The van der Waals surface area contributed by atoms with Crippen molar-refractivity contribution in [2.75, 3.05) is 0 Å². The average Bonchev–Trinajstić information content (AvgIpc) is 2.32. The molecular weight excluding hydrogens is 230 g/mol. The maximum atomic E-state index is 11.7. The number of phenolic OH excluding ortho intramolecular Hbond substituents is 1. The standard InChI is InChI=1S/C13H17N3O2/c1-9(6-7-14)16-13(18)12(15)8-10-2-4-11(17)5-3-10/h2-5,9,12,17H,6,8,15H2,1H3,(H,16,18)/t9?,12-/m1/s1. The number of carbonyl (C=O) groups excluding carboxylic acids is 1. The van der Waals surface area contributed by atoms with Gasteiger partial charge in [-0.25, -0.2) is 0 Å². The first-order valence-electron chi connectivity index (χ1n) is 5.73. The van der Waals surface area contributed by atoms with Gasteiger partial charge in [0.15, 0.2) is 0 Å². The lowest BCUT2D eigenvalue weighted by Gasteiger charge is -2.15. The van der Waals surface area contributed by atoms with E-state index in [1.54, 1.807) is 31.2 Å². The topological polar surface area (TPSA) is 99.1 Å². The number of hydrogen-bond donors (Lipinski definition) is 3. The zero-order valence-corrected chi connectivity index (χ0v) is 10.3. The van der Waals surface area contributed by atoms with E-state index in [9.17, 15) is 4.79 Å². The van der Waals surface area contributed by atoms with Crippen LogP contribution < -0.4 is 11.1 Å². The molecule has 0 saturated carbocycles. The summed E-state index contributed by atoms with van der Waals surface area (Å²) in [6, 6.07) is 7.68. The van der Waals surface area contributed by atoms with Gasteiger partial charge >= 0.3 is 0 Å². The number of rotatable bonds is 5. The number of nitrogens with zero attached hydrogens (tertiary/aromatic N) is 1. The molecule has 0 aromatic heterocycles. The minimum Gasteiger partial charge on any atom is -0.508 e. The Labute approximate surface area is 106 Å². The summed E-state index contributed by atoms with van der Waals surface area (Å²) in [6.07, 6.45) is 0.656. The van der Waals surface area contributed by atoms with Gasteiger partial charge in [-0.15, -0.1) is 0 Å². The van der Waals surface area contributed by atoms with E-state index in [2.05, 4.69) is 5.32 Å². The summed E-state index contributed by atoms with van der Waals surface area (Å²) in [5.41, 5.74) is 6.65. The summed E-state index contributed by atoms with van der Waals surface area (Å²) in [7, 11) is 0. The Morgan fingerprint density at radius 3 is 2.67 bits per heavy atom. The molecule has 4 N–H and O–H groups in total. The highest BCUT2D eigenvalue weighted by Gasteiger charge is 2.16. The highest BCUT2D eigenvalue weighted by molar-refractivity contribution is 5.82. The highest BCUT2D eigenvalue weighted by atomic mass is 16.3. The number of benzene rings is 1. The molecule has 0 aliphatic rings. The van der Waals surface area contributed by atoms with Crippen LogP contribution in [0.3, 0.4) is 0 Å². The molecule has 2 atom stereocenters. The van der Waals surface area contributed by atoms with Crippen LogP contribution in [0.25, 0.3) is 0 Å². The fourth-order valence-corrected chi connectivity index (χ4v) is 1.52. The summed E-state index contributed by atoms with van der Waals surface area (Å²) >= 11 is 0. The third-order valence-corrected chi connectivity index (χ3v) is 2.51. The van der Waals surface area contributed by atoms with Crippen molar-refractivity contribution >= 4 is 5.91 Å². The van der Waals surface area contributed by atoms with E-state index in [0.717, 1.165) is 5.56 Å². The molecule has 0 saturated heterocycles. The molecule has 5 nitrogen and oxygen atoms in total. The molecule has 0 spiro atoms. The third-order valence-electron chi connectivity index (χ3n) is 2.51. The largest absolute Gasteiger partial charge is 0.508 e. The molecule has 1 aromatic carbocycles. The van der Waals surface area contributed by atoms with E-state index in [1.807, 2.05) is 6.07 Å². The molecule has 0 aliphatic heterocycles. The van der Waals surface area contributed by atoms with Gasteiger partial charge in [0.1, 0.15) is 5.75 Å². The summed E-state index contributed by atoms with van der Waals surface area (Å²) in [5, 5.41) is 20.3. The van der Waals surface area contributed by atoms with E-state index in [0.29, 0.717) is 6.42 Å². The van der Waals surface area contributed by atoms with Gasteiger partial charge < -0.3 is 16.2 Å². The maximum Gasteiger partial charge on any atom is 0.237 e. The molecule has 18 heavy (non-hydrogen) atoms. The maximum absolute atomic E-state index is 11.7. The molecule has 0 radical (unpaired) electrons. The van der Waals surface area contributed by atoms with E-state index in [4.69, 9.17) is 16.1 Å². The summed E-state index contributed by atoms with van der Waals surface area (Å²) in [4.78, 5) is 11.7. The van der Waals surface area contributed by atoms with Crippen LogP contribution in [0.5, 0.6) is 5.75 Å². The Morgan fingerprint density at radius 1 is 1.50 bits per heavy atom. The second-order valence-corrected chi connectivity index (χ2v) is 4.25. The van der Waals surface area contributed by atoms with Crippen molar-refractivity contribution in [3.63, 3.8) is 0 Å². The van der Waals surface area contributed by atoms with E-state index >= 15 is 0 Å². The van der Waals surface area contributed by atoms with E-state index in [1.165, 1.54) is 0 Å². The Hall–Kier alpha value is -2.06. The molecule has 1 aromatic rings. The highest BCUT2D eigenvalue weighted by Crippen LogP contribution is 2.10. The molecule has 1 unspecified atom stereocenters. The predicted molar refractivity (Wildman–Crippen MR) is 67.6 cm³/mol. The van der Waals surface area contributed by atoms with Crippen molar-refractivity contribution in [1.82, 2.24) is 5.32 Å². The van der Waals surface area contributed by atoms with E-state index in [-0.39, 0.29) is 24.1 Å². The molecular formula is C13H17N3O2. The molecule has 5 heteroatoms. The quantitative estimate of drug-likeness (QED) is 0.712. The summed E-state index contributed by atoms with van der Waals surface area (Å²) in [6.45, 7) is 1.76. The summed E-state index contributed by atoms with van der Waals surface area (Å²) in [5.74, 6) is -0.0924. The fraction of sp³-hybridized carbons (Fsp3) is 0.385. The van der Waals surface area contributed by atoms with Gasteiger partial charge in [0, 0.05) is 6.04 Å². The Balaban J connectivity index is 2.50. The molecule has 1 amide bonds. The van der Waals surface area contributed by atoms with Crippen LogP contribution in [0, 0.1) is 11.3 Å². The number of aromatic hydroxyl groups is 1. The second-order valence-electron chi connectivity index (χ2n) is 4.25. The van der Waals surface area contributed by atoms with Crippen molar-refractivity contribution in [1.29, 1.82) is 5.26 Å². The number of hydrogen-bond acceptors (Lipinski definition) is 4. The molecule has 0 fully saturated rings. The Morgan fingerprint density at radius 2 is 2.11 bits per heavy atom. The van der Waals surface area contributed by atoms with Crippen molar-refractivity contribution in [3.05, 3.63) is 29.8 Å². The van der Waals surface area contributed by atoms with E-state index < -0.39 is 6.04 Å². The van der Waals surface area contributed by atoms with Crippen LogP contribution in [-0.2, 0) is 11.2 Å². The minimum atomic E-state index is -0.657. The third kappa shape index (κ3) is 4.44. The second kappa shape index (κ2) is 6.62. The first kappa shape index (κ1) is 14.0. The molecule has 0 aliphatic carbocycles. The van der Waals surface area contributed by atoms with Gasteiger partial charge in [0.2, 0.25) is 5.91 Å². The van der Waals surface area contributed by atoms with Crippen LogP contribution in [-0.4, -0.2) is 23.1 Å². The van der Waals surface area contributed by atoms with Crippen LogP contribution in [0.4, 0.5) is 0 Å². The molecule has 1 rings (SSSR count). The number of nitrogens with two attached hydrogens (primary N) is 1. The van der Waals surface area contributed by atoms with Crippen LogP contribution in [0.2, 0.25) is 0 Å². The van der Waals surface area contributed by atoms with Crippen molar-refractivity contribution in [2.45, 2.75) is 31.8 Å². The smallest absolute Gasteiger partial charge is 0.237 e. The Bertz CT molecular complexity index is 437. The van der Waals surface area contributed by atoms with Gasteiger partial charge in [-0.05, 0) is 31.0 Å². The fourth-order valence-electron chi connectivity index (χ4n) is 1.52. The van der Waals surface area contributed by atoms with Crippen molar-refractivity contribution in [2.24, 2.45) is 5.73 Å². The van der Waals surface area contributed by atoms with Gasteiger partial charge in [-0.2, -0.15) is 5.26 Å². The van der Waals surface area contributed by atoms with Gasteiger partial charge in [0.25, 0.3) is 0 Å². The number of amides is 1. The average molecular weight is 247 g/mol. The molecule has 96 valence electrons. The number of nitrogens with one attached hydrogen (secondary N) is 1. The van der Waals surface area contributed by atoms with Gasteiger partial charge in [-0.1, -0.05) is 12.1 Å². The van der Waals surface area contributed by atoms with Crippen molar-refractivity contribution in [3.8, 4) is 11.8 Å². The van der Waals surface area contributed by atoms with Crippen molar-refractivity contribution < 1.29 is 9.90 Å². The lowest BCUT2D eigenvalue weighted by Crippen LogP contribution is -2.45. The van der Waals surface area contributed by atoms with Gasteiger partial charge in [0.05, 0.1) is 18.5 Å². The first-order valence-corrected chi connectivity index (χ1v) is 5.73. The molecule has 0 bridgehead atoms. The predicted octanol–water partition coefficient (Wildman–Crippen LogP) is 0.680. The lowest BCUT2D eigenvalue weighted by atomic mass is 10.1. The van der Waals surface area contributed by atoms with Gasteiger partial charge in [-0.3, -0.25) is 4.79 Å². The number of nitriles is 1. The van der Waals surface area contributed by atoms with Crippen LogP contribution >= 0.6 is 0 Å². The first-order chi connectivity index (χ1) is 8.52. The normalized spacial score (nSPS) is 13.4. The molecule has 0 heterocycles. The monoisotopic (exact) mass is 247 g/mol. The minimum absolute atomic E-state index is 0.180. The summed E-state index contributed by atoms with van der Waals surface area (Å²) < 4.78 is 0. The number of carbonyl (C=O) groups is 1. The van der Waals surface area contributed by atoms with Crippen LogP contribution in [0.15, 0.2) is 24.3 Å².